The van der Waals surface area contributed by atoms with E-state index in [1.54, 1.807) is 12.1 Å². The highest BCUT2D eigenvalue weighted by molar-refractivity contribution is 5.31. The average Bonchev–Trinajstić information content (AvgIpc) is 2.39. The van der Waals surface area contributed by atoms with Crippen molar-refractivity contribution in [3.63, 3.8) is 0 Å². The van der Waals surface area contributed by atoms with Gasteiger partial charge in [-0.25, -0.2) is 4.39 Å². The van der Waals surface area contributed by atoms with Crippen molar-refractivity contribution in [2.24, 2.45) is 5.92 Å². The maximum absolute atomic E-state index is 14.1. The summed E-state index contributed by atoms with van der Waals surface area (Å²) in [7, 11) is 0. The summed E-state index contributed by atoms with van der Waals surface area (Å²) in [6, 6.07) is 7.32. The molecule has 1 fully saturated rings. The van der Waals surface area contributed by atoms with Crippen LogP contribution in [-0.2, 0) is 5.41 Å². The normalized spacial score (nSPS) is 18.9. The minimum Gasteiger partial charge on any atom is -0.315 e. The van der Waals surface area contributed by atoms with Gasteiger partial charge in [-0.05, 0) is 24.0 Å². The highest BCUT2D eigenvalue weighted by Gasteiger charge is 2.41. The molecule has 0 bridgehead atoms. The van der Waals surface area contributed by atoms with Gasteiger partial charge in [-0.2, -0.15) is 0 Å². The number of unbranched alkanes of at least 4 members (excludes halogenated alkanes) is 1. The lowest BCUT2D eigenvalue weighted by atomic mass is 9.68. The molecule has 1 aliphatic heterocycles. The van der Waals surface area contributed by atoms with E-state index in [1.807, 2.05) is 12.1 Å². The molecule has 1 saturated heterocycles. The lowest BCUT2D eigenvalue weighted by Crippen LogP contribution is -2.58. The lowest BCUT2D eigenvalue weighted by Gasteiger charge is -2.45. The van der Waals surface area contributed by atoms with Crippen molar-refractivity contribution < 1.29 is 4.39 Å². The molecule has 0 aromatic heterocycles. The van der Waals surface area contributed by atoms with E-state index in [-0.39, 0.29) is 11.2 Å². The van der Waals surface area contributed by atoms with Crippen molar-refractivity contribution >= 4 is 0 Å². The highest BCUT2D eigenvalue weighted by atomic mass is 19.1. The molecule has 0 aliphatic carbocycles. The average molecular weight is 263 g/mol. The second-order valence-electron chi connectivity index (χ2n) is 5.98. The van der Waals surface area contributed by atoms with Crippen LogP contribution >= 0.6 is 0 Å². The molecule has 1 aromatic rings. The van der Waals surface area contributed by atoms with Crippen LogP contribution in [0.1, 0.15) is 51.5 Å². The third-order valence-corrected chi connectivity index (χ3v) is 4.59. The highest BCUT2D eigenvalue weighted by Crippen LogP contribution is 2.38. The van der Waals surface area contributed by atoms with Gasteiger partial charge >= 0.3 is 0 Å². The Hall–Kier alpha value is -0.890. The molecule has 106 valence electrons. The third-order valence-electron chi connectivity index (χ3n) is 4.59. The topological polar surface area (TPSA) is 12.0 Å². The van der Waals surface area contributed by atoms with Crippen LogP contribution in [0.3, 0.4) is 0 Å². The van der Waals surface area contributed by atoms with Crippen LogP contribution in [-0.4, -0.2) is 13.1 Å². The van der Waals surface area contributed by atoms with Crippen LogP contribution < -0.4 is 5.32 Å². The molecule has 1 aliphatic rings. The Bertz CT molecular complexity index is 398. The van der Waals surface area contributed by atoms with Gasteiger partial charge in [0.25, 0.3) is 0 Å². The van der Waals surface area contributed by atoms with Crippen LogP contribution in [0.4, 0.5) is 4.39 Å². The minimum atomic E-state index is -0.0330. The summed E-state index contributed by atoms with van der Waals surface area (Å²) >= 11 is 0. The van der Waals surface area contributed by atoms with E-state index < -0.39 is 0 Å². The van der Waals surface area contributed by atoms with Gasteiger partial charge in [-0.15, -0.1) is 0 Å². The summed E-state index contributed by atoms with van der Waals surface area (Å²) in [5, 5.41) is 3.35. The Morgan fingerprint density at radius 2 is 2.00 bits per heavy atom. The second kappa shape index (κ2) is 6.51. The van der Waals surface area contributed by atoms with Gasteiger partial charge in [-0.3, -0.25) is 0 Å². The van der Waals surface area contributed by atoms with Gasteiger partial charge in [-0.1, -0.05) is 57.7 Å². The minimum absolute atomic E-state index is 0.0330. The Morgan fingerprint density at radius 3 is 2.53 bits per heavy atom. The van der Waals surface area contributed by atoms with Crippen LogP contribution in [0.25, 0.3) is 0 Å². The zero-order chi connectivity index (χ0) is 13.7. The zero-order valence-electron chi connectivity index (χ0n) is 12.2. The summed E-state index contributed by atoms with van der Waals surface area (Å²) in [4.78, 5) is 0. The molecule has 0 saturated carbocycles. The maximum atomic E-state index is 14.1. The van der Waals surface area contributed by atoms with Crippen molar-refractivity contribution in [3.8, 4) is 0 Å². The van der Waals surface area contributed by atoms with Gasteiger partial charge in [0.2, 0.25) is 0 Å². The number of nitrogens with one attached hydrogen (secondary N) is 1. The van der Waals surface area contributed by atoms with Gasteiger partial charge < -0.3 is 5.32 Å². The van der Waals surface area contributed by atoms with E-state index >= 15 is 0 Å². The smallest absolute Gasteiger partial charge is 0.127 e. The number of rotatable bonds is 7. The molecule has 19 heavy (non-hydrogen) atoms. The van der Waals surface area contributed by atoms with Crippen LogP contribution in [0.5, 0.6) is 0 Å². The number of hydrogen-bond acceptors (Lipinski definition) is 1. The Kier molecular flexibility index (Phi) is 4.98. The van der Waals surface area contributed by atoms with E-state index in [0.29, 0.717) is 0 Å². The third kappa shape index (κ3) is 3.17. The molecule has 0 radical (unpaired) electrons. The monoisotopic (exact) mass is 263 g/mol. The molecular formula is C17H26FN. The van der Waals surface area contributed by atoms with E-state index in [2.05, 4.69) is 19.2 Å². The molecule has 1 nitrogen and oxygen atoms in total. The van der Waals surface area contributed by atoms with Crippen LogP contribution in [0.15, 0.2) is 24.3 Å². The molecule has 1 N–H and O–H groups in total. The fourth-order valence-corrected chi connectivity index (χ4v) is 3.26. The standard InChI is InChI=1S/C17H26FN/c1-3-5-8-14(4-2)11-17(12-19-13-17)15-9-6-7-10-16(15)18/h6-7,9-10,14,19H,3-5,8,11-13H2,1-2H3. The predicted octanol–water partition coefficient (Wildman–Crippen LogP) is 4.27. The van der Waals surface area contributed by atoms with E-state index in [1.165, 1.54) is 25.7 Å². The quantitative estimate of drug-likeness (QED) is 0.774. The first kappa shape index (κ1) is 14.5. The first-order chi connectivity index (χ1) is 9.22. The number of halogens is 1. The first-order valence-electron chi connectivity index (χ1n) is 7.67. The SMILES string of the molecule is CCCCC(CC)CC1(c2ccccc2F)CNC1. The summed E-state index contributed by atoms with van der Waals surface area (Å²) < 4.78 is 14.1. The lowest BCUT2D eigenvalue weighted by molar-refractivity contribution is 0.201. The van der Waals surface area contributed by atoms with Crippen molar-refractivity contribution in [1.29, 1.82) is 0 Å². The molecule has 0 spiro atoms. The Morgan fingerprint density at radius 1 is 1.26 bits per heavy atom. The van der Waals surface area contributed by atoms with Crippen LogP contribution in [0.2, 0.25) is 0 Å². The number of benzene rings is 1. The first-order valence-corrected chi connectivity index (χ1v) is 7.67. The van der Waals surface area contributed by atoms with Crippen molar-refractivity contribution in [2.45, 2.75) is 51.4 Å². The molecule has 0 amide bonds. The van der Waals surface area contributed by atoms with Crippen molar-refractivity contribution in [3.05, 3.63) is 35.6 Å². The summed E-state index contributed by atoms with van der Waals surface area (Å²) in [6.07, 6.45) is 6.15. The second-order valence-corrected chi connectivity index (χ2v) is 5.98. The maximum Gasteiger partial charge on any atom is 0.127 e. The van der Waals surface area contributed by atoms with Gasteiger partial charge in [0.05, 0.1) is 0 Å². The molecular weight excluding hydrogens is 237 g/mol. The van der Waals surface area contributed by atoms with Gasteiger partial charge in [0, 0.05) is 18.5 Å². The van der Waals surface area contributed by atoms with E-state index in [4.69, 9.17) is 0 Å². The molecule has 2 heteroatoms. The fraction of sp³-hybridized carbons (Fsp3) is 0.647. The van der Waals surface area contributed by atoms with Gasteiger partial charge in [0.1, 0.15) is 5.82 Å². The summed E-state index contributed by atoms with van der Waals surface area (Å²) in [5.74, 6) is 0.691. The Balaban J connectivity index is 2.12. The van der Waals surface area contributed by atoms with Crippen molar-refractivity contribution in [2.75, 3.05) is 13.1 Å². The van der Waals surface area contributed by atoms with E-state index in [0.717, 1.165) is 31.0 Å². The molecule has 1 unspecified atom stereocenters. The summed E-state index contributed by atoms with van der Waals surface area (Å²) in [6.45, 7) is 6.36. The summed E-state index contributed by atoms with van der Waals surface area (Å²) in [5.41, 5.74) is 0.962. The Labute approximate surface area is 116 Å². The fourth-order valence-electron chi connectivity index (χ4n) is 3.26. The number of hydrogen-bond donors (Lipinski definition) is 1. The molecule has 1 atom stereocenters. The van der Waals surface area contributed by atoms with Crippen LogP contribution in [0, 0.1) is 11.7 Å². The molecule has 1 heterocycles. The predicted molar refractivity (Wildman–Crippen MR) is 78.9 cm³/mol. The van der Waals surface area contributed by atoms with Gasteiger partial charge in [0.15, 0.2) is 0 Å². The van der Waals surface area contributed by atoms with E-state index in [9.17, 15) is 4.39 Å². The largest absolute Gasteiger partial charge is 0.315 e. The molecule has 2 rings (SSSR count). The van der Waals surface area contributed by atoms with Crippen molar-refractivity contribution in [1.82, 2.24) is 5.32 Å². The molecule has 1 aromatic carbocycles. The zero-order valence-corrected chi connectivity index (χ0v) is 12.2.